The average Bonchev–Trinajstić information content (AvgIpc) is 3.24. The van der Waals surface area contributed by atoms with Crippen LogP contribution in [-0.2, 0) is 13.1 Å². The van der Waals surface area contributed by atoms with Crippen molar-refractivity contribution in [2.24, 2.45) is 0 Å². The van der Waals surface area contributed by atoms with Crippen molar-refractivity contribution in [2.45, 2.75) is 26.1 Å². The Morgan fingerprint density at radius 2 is 1.69 bits per heavy atom. The fraction of sp³-hybridized carbons (Fsp3) is 0.440. The van der Waals surface area contributed by atoms with Crippen molar-refractivity contribution in [1.29, 1.82) is 0 Å². The molecule has 1 unspecified atom stereocenters. The number of benzene rings is 2. The normalized spacial score (nSPS) is 16.5. The molecule has 1 N–H and O–H groups in total. The van der Waals surface area contributed by atoms with Gasteiger partial charge in [-0.15, -0.1) is 0 Å². The largest absolute Gasteiger partial charge is 0.390 e. The molecule has 4 rings (SSSR count). The zero-order chi connectivity index (χ0) is 22.3. The van der Waals surface area contributed by atoms with Gasteiger partial charge in [0.1, 0.15) is 0 Å². The smallest absolute Gasteiger partial charge is 0.241 e. The second-order valence-corrected chi connectivity index (χ2v) is 8.74. The number of hydrogen-bond donors (Lipinski definition) is 1. The summed E-state index contributed by atoms with van der Waals surface area (Å²) < 4.78 is 5.50. The van der Waals surface area contributed by atoms with Gasteiger partial charge in [-0.3, -0.25) is 14.7 Å². The lowest BCUT2D eigenvalue weighted by Crippen LogP contribution is -2.49. The molecule has 1 fully saturated rings. The third kappa shape index (κ3) is 6.23. The molecule has 0 saturated carbocycles. The fourth-order valence-corrected chi connectivity index (χ4v) is 4.25. The highest BCUT2D eigenvalue weighted by atomic mass is 16.5. The number of likely N-dealkylation sites (N-methyl/N-ethyl adjacent to an activating group) is 1. The second kappa shape index (κ2) is 10.8. The maximum Gasteiger partial charge on any atom is 0.241 e. The molecule has 0 aliphatic carbocycles. The van der Waals surface area contributed by atoms with E-state index in [-0.39, 0.29) is 6.10 Å². The first-order valence-electron chi connectivity index (χ1n) is 11.3. The van der Waals surface area contributed by atoms with Crippen molar-refractivity contribution in [1.82, 2.24) is 24.8 Å². The Bertz CT molecular complexity index is 969. The first-order chi connectivity index (χ1) is 15.6. The maximum atomic E-state index is 10.6. The van der Waals surface area contributed by atoms with Crippen molar-refractivity contribution < 1.29 is 9.63 Å². The summed E-state index contributed by atoms with van der Waals surface area (Å²) in [6.07, 6.45) is -0.358. The molecule has 3 aromatic rings. The standard InChI is InChI=1S/C25H33N5O2/c1-20-8-6-7-11-23(20)25-26-24(32-27-25)19-30-14-12-29(13-15-30)18-22(31)17-28(2)16-21-9-4-3-5-10-21/h3-11,22,31H,12-19H2,1-2H3. The lowest BCUT2D eigenvalue weighted by Gasteiger charge is -2.35. The van der Waals surface area contributed by atoms with Gasteiger partial charge in [0.15, 0.2) is 0 Å². The number of aliphatic hydroxyl groups is 1. The summed E-state index contributed by atoms with van der Waals surface area (Å²) in [5.41, 5.74) is 3.42. The number of aryl methyl sites for hydroxylation is 1. The molecule has 7 heteroatoms. The molecule has 170 valence electrons. The van der Waals surface area contributed by atoms with Crippen LogP contribution in [0.4, 0.5) is 0 Å². The molecular formula is C25H33N5O2. The van der Waals surface area contributed by atoms with Crippen molar-refractivity contribution in [2.75, 3.05) is 46.3 Å². The molecule has 1 saturated heterocycles. The Hall–Kier alpha value is -2.58. The highest BCUT2D eigenvalue weighted by Crippen LogP contribution is 2.20. The molecule has 1 aromatic heterocycles. The van der Waals surface area contributed by atoms with Crippen LogP contribution < -0.4 is 0 Å². The molecule has 0 amide bonds. The minimum absolute atomic E-state index is 0.358. The molecule has 0 spiro atoms. The van der Waals surface area contributed by atoms with Crippen LogP contribution in [-0.4, -0.2) is 82.4 Å². The molecule has 0 bridgehead atoms. The van der Waals surface area contributed by atoms with Gasteiger partial charge >= 0.3 is 0 Å². The lowest BCUT2D eigenvalue weighted by atomic mass is 10.1. The van der Waals surface area contributed by atoms with Crippen molar-refractivity contribution in [3.63, 3.8) is 0 Å². The van der Waals surface area contributed by atoms with Crippen LogP contribution in [0.1, 0.15) is 17.0 Å². The molecule has 0 radical (unpaired) electrons. The summed E-state index contributed by atoms with van der Waals surface area (Å²) in [4.78, 5) is 11.4. The summed E-state index contributed by atoms with van der Waals surface area (Å²) >= 11 is 0. The van der Waals surface area contributed by atoms with Crippen LogP contribution in [0.15, 0.2) is 59.1 Å². The van der Waals surface area contributed by atoms with Crippen LogP contribution in [0.3, 0.4) is 0 Å². The van der Waals surface area contributed by atoms with Crippen LogP contribution in [0.2, 0.25) is 0 Å². The van der Waals surface area contributed by atoms with E-state index in [0.29, 0.717) is 31.3 Å². The third-order valence-electron chi connectivity index (χ3n) is 5.96. The van der Waals surface area contributed by atoms with Gasteiger partial charge in [-0.2, -0.15) is 4.98 Å². The van der Waals surface area contributed by atoms with Gasteiger partial charge < -0.3 is 9.63 Å². The number of piperazine rings is 1. The van der Waals surface area contributed by atoms with E-state index in [1.54, 1.807) is 0 Å². The van der Waals surface area contributed by atoms with E-state index in [1.807, 2.05) is 24.3 Å². The maximum absolute atomic E-state index is 10.6. The minimum atomic E-state index is -0.358. The Labute approximate surface area is 190 Å². The predicted molar refractivity (Wildman–Crippen MR) is 125 cm³/mol. The summed E-state index contributed by atoms with van der Waals surface area (Å²) in [7, 11) is 2.06. The number of aromatic nitrogens is 2. The zero-order valence-corrected chi connectivity index (χ0v) is 19.0. The van der Waals surface area contributed by atoms with E-state index in [1.165, 1.54) is 5.56 Å². The molecule has 7 nitrogen and oxygen atoms in total. The number of β-amino-alcohol motifs (C(OH)–C–C–N with tert-alkyl or cyclic N) is 1. The van der Waals surface area contributed by atoms with E-state index >= 15 is 0 Å². The van der Waals surface area contributed by atoms with Crippen LogP contribution >= 0.6 is 0 Å². The van der Waals surface area contributed by atoms with E-state index in [2.05, 4.69) is 69.1 Å². The van der Waals surface area contributed by atoms with Gasteiger partial charge in [-0.25, -0.2) is 0 Å². The summed E-state index contributed by atoms with van der Waals surface area (Å²) in [5, 5.41) is 14.7. The fourth-order valence-electron chi connectivity index (χ4n) is 4.25. The SMILES string of the molecule is Cc1ccccc1-c1noc(CN2CCN(CC(O)CN(C)Cc3ccccc3)CC2)n1. The lowest BCUT2D eigenvalue weighted by molar-refractivity contribution is 0.0501. The molecule has 1 atom stereocenters. The minimum Gasteiger partial charge on any atom is -0.390 e. The number of nitrogens with zero attached hydrogens (tertiary/aromatic N) is 5. The Balaban J connectivity index is 1.19. The topological polar surface area (TPSA) is 68.9 Å². The van der Waals surface area contributed by atoms with E-state index in [9.17, 15) is 5.11 Å². The van der Waals surface area contributed by atoms with Crippen LogP contribution in [0.25, 0.3) is 11.4 Å². The molecular weight excluding hydrogens is 402 g/mol. The van der Waals surface area contributed by atoms with Gasteiger partial charge in [0, 0.05) is 51.4 Å². The van der Waals surface area contributed by atoms with Crippen LogP contribution in [0.5, 0.6) is 0 Å². The highest BCUT2D eigenvalue weighted by molar-refractivity contribution is 5.58. The molecule has 2 heterocycles. The van der Waals surface area contributed by atoms with E-state index in [4.69, 9.17) is 4.52 Å². The van der Waals surface area contributed by atoms with Crippen LogP contribution in [0, 0.1) is 6.92 Å². The third-order valence-corrected chi connectivity index (χ3v) is 5.96. The van der Waals surface area contributed by atoms with E-state index in [0.717, 1.165) is 43.9 Å². The second-order valence-electron chi connectivity index (χ2n) is 8.74. The van der Waals surface area contributed by atoms with Crippen molar-refractivity contribution in [3.05, 3.63) is 71.6 Å². The van der Waals surface area contributed by atoms with Crippen molar-refractivity contribution >= 4 is 0 Å². The Morgan fingerprint density at radius 3 is 2.44 bits per heavy atom. The Kier molecular flexibility index (Phi) is 7.65. The van der Waals surface area contributed by atoms with E-state index < -0.39 is 0 Å². The Morgan fingerprint density at radius 1 is 1.00 bits per heavy atom. The van der Waals surface area contributed by atoms with Crippen molar-refractivity contribution in [3.8, 4) is 11.4 Å². The number of hydrogen-bond acceptors (Lipinski definition) is 7. The highest BCUT2D eigenvalue weighted by Gasteiger charge is 2.22. The first-order valence-corrected chi connectivity index (χ1v) is 11.3. The summed E-state index contributed by atoms with van der Waals surface area (Å²) in [5.74, 6) is 1.30. The zero-order valence-electron chi connectivity index (χ0n) is 19.0. The van der Waals surface area contributed by atoms with Gasteiger partial charge in [0.05, 0.1) is 12.6 Å². The first kappa shape index (κ1) is 22.6. The van der Waals surface area contributed by atoms with Gasteiger partial charge in [0.25, 0.3) is 0 Å². The number of rotatable bonds is 9. The van der Waals surface area contributed by atoms with Gasteiger partial charge in [0.2, 0.25) is 11.7 Å². The monoisotopic (exact) mass is 435 g/mol. The average molecular weight is 436 g/mol. The quantitative estimate of drug-likeness (QED) is 0.554. The predicted octanol–water partition coefficient (Wildman–Crippen LogP) is 2.66. The number of aliphatic hydroxyl groups excluding tert-OH is 1. The van der Waals surface area contributed by atoms with Gasteiger partial charge in [-0.05, 0) is 25.1 Å². The molecule has 32 heavy (non-hydrogen) atoms. The van der Waals surface area contributed by atoms with Gasteiger partial charge in [-0.1, -0.05) is 59.8 Å². The molecule has 2 aromatic carbocycles. The molecule has 1 aliphatic heterocycles. The molecule has 1 aliphatic rings. The summed E-state index contributed by atoms with van der Waals surface area (Å²) in [6, 6.07) is 18.4. The summed E-state index contributed by atoms with van der Waals surface area (Å²) in [6.45, 7) is 8.64.